The Bertz CT molecular complexity index is 170. The number of alkyl halides is 3. The van der Waals surface area contributed by atoms with E-state index in [1.165, 1.54) is 11.9 Å². The maximum absolute atomic E-state index is 12.6. The van der Waals surface area contributed by atoms with E-state index in [1.807, 2.05) is 19.0 Å². The van der Waals surface area contributed by atoms with Gasteiger partial charge in [0.15, 0.2) is 0 Å². The van der Waals surface area contributed by atoms with Gasteiger partial charge < -0.3 is 10.6 Å². The third-order valence-corrected chi connectivity index (χ3v) is 2.25. The lowest BCUT2D eigenvalue weighted by Crippen LogP contribution is -2.46. The van der Waals surface area contributed by atoms with Crippen LogP contribution in [0.5, 0.6) is 0 Å². The Labute approximate surface area is 89.0 Å². The van der Waals surface area contributed by atoms with Crippen LogP contribution in [0, 0.1) is 0 Å². The molecule has 2 N–H and O–H groups in total. The van der Waals surface area contributed by atoms with Crippen molar-refractivity contribution in [1.29, 1.82) is 0 Å². The van der Waals surface area contributed by atoms with Crippen molar-refractivity contribution in [3.8, 4) is 0 Å². The second-order valence-corrected chi connectivity index (χ2v) is 3.92. The molecule has 3 nitrogen and oxygen atoms in total. The lowest BCUT2D eigenvalue weighted by atomic mass is 10.1. The molecule has 0 fully saturated rings. The van der Waals surface area contributed by atoms with E-state index in [4.69, 9.17) is 5.73 Å². The normalized spacial score (nSPS) is 15.0. The van der Waals surface area contributed by atoms with Crippen molar-refractivity contribution in [2.24, 2.45) is 5.73 Å². The molecule has 0 amide bonds. The minimum Gasteiger partial charge on any atom is -0.330 e. The molecule has 0 bridgehead atoms. The fraction of sp³-hybridized carbons (Fsp3) is 1.00. The van der Waals surface area contributed by atoms with Gasteiger partial charge in [0.1, 0.15) is 6.04 Å². The summed E-state index contributed by atoms with van der Waals surface area (Å²) in [5.41, 5.74) is 5.18. The van der Waals surface area contributed by atoms with Crippen LogP contribution in [0.4, 0.5) is 13.2 Å². The highest BCUT2D eigenvalue weighted by Gasteiger charge is 2.41. The molecule has 0 radical (unpaired) electrons. The van der Waals surface area contributed by atoms with Crippen molar-refractivity contribution in [3.63, 3.8) is 0 Å². The number of rotatable bonds is 6. The molecule has 0 heterocycles. The van der Waals surface area contributed by atoms with Crippen LogP contribution in [-0.2, 0) is 0 Å². The summed E-state index contributed by atoms with van der Waals surface area (Å²) in [6.45, 7) is 1.04. The van der Waals surface area contributed by atoms with E-state index in [-0.39, 0.29) is 13.0 Å². The molecule has 0 aromatic carbocycles. The number of nitrogens with zero attached hydrogens (tertiary/aromatic N) is 2. The summed E-state index contributed by atoms with van der Waals surface area (Å²) in [5.74, 6) is 0. The molecule has 0 aliphatic rings. The van der Waals surface area contributed by atoms with Crippen LogP contribution in [0.1, 0.15) is 6.42 Å². The zero-order chi connectivity index (χ0) is 12.1. The molecule has 0 aliphatic carbocycles. The van der Waals surface area contributed by atoms with Crippen LogP contribution in [-0.4, -0.2) is 62.8 Å². The third kappa shape index (κ3) is 5.96. The molecule has 1 unspecified atom stereocenters. The molecule has 0 rings (SSSR count). The second kappa shape index (κ2) is 6.30. The average molecular weight is 227 g/mol. The third-order valence-electron chi connectivity index (χ3n) is 2.25. The molecular formula is C9H20F3N3. The minimum atomic E-state index is -4.19. The van der Waals surface area contributed by atoms with Crippen LogP contribution in [0.15, 0.2) is 0 Å². The summed E-state index contributed by atoms with van der Waals surface area (Å²) in [7, 11) is 5.15. The maximum Gasteiger partial charge on any atom is 0.404 e. The van der Waals surface area contributed by atoms with E-state index in [2.05, 4.69) is 0 Å². The van der Waals surface area contributed by atoms with Crippen LogP contribution in [0.3, 0.4) is 0 Å². The molecule has 0 saturated heterocycles. The molecule has 15 heavy (non-hydrogen) atoms. The first kappa shape index (κ1) is 14.7. The highest BCUT2D eigenvalue weighted by Crippen LogP contribution is 2.25. The molecule has 1 atom stereocenters. The lowest BCUT2D eigenvalue weighted by molar-refractivity contribution is -0.181. The quantitative estimate of drug-likeness (QED) is 0.727. The van der Waals surface area contributed by atoms with Crippen molar-refractivity contribution in [2.45, 2.75) is 18.6 Å². The molecule has 0 aromatic rings. The lowest BCUT2D eigenvalue weighted by Gasteiger charge is -2.30. The molecular weight excluding hydrogens is 207 g/mol. The minimum absolute atomic E-state index is 0.0482. The highest BCUT2D eigenvalue weighted by atomic mass is 19.4. The predicted octanol–water partition coefficient (Wildman–Crippen LogP) is 0.760. The number of hydrogen-bond donors (Lipinski definition) is 1. The van der Waals surface area contributed by atoms with E-state index in [9.17, 15) is 13.2 Å². The zero-order valence-corrected chi connectivity index (χ0v) is 9.51. The van der Waals surface area contributed by atoms with Gasteiger partial charge in [-0.15, -0.1) is 0 Å². The topological polar surface area (TPSA) is 32.5 Å². The van der Waals surface area contributed by atoms with Gasteiger partial charge in [-0.2, -0.15) is 13.2 Å². The highest BCUT2D eigenvalue weighted by molar-refractivity contribution is 4.77. The monoisotopic (exact) mass is 227 g/mol. The van der Waals surface area contributed by atoms with Crippen molar-refractivity contribution in [3.05, 3.63) is 0 Å². The maximum atomic E-state index is 12.6. The Morgan fingerprint density at radius 3 is 2.00 bits per heavy atom. The second-order valence-electron chi connectivity index (χ2n) is 3.92. The van der Waals surface area contributed by atoms with Gasteiger partial charge in [-0.3, -0.25) is 4.90 Å². The SMILES string of the molecule is CN(C)CCN(C)C(CCN)C(F)(F)F. The van der Waals surface area contributed by atoms with E-state index >= 15 is 0 Å². The Kier molecular flexibility index (Phi) is 6.16. The fourth-order valence-corrected chi connectivity index (χ4v) is 1.31. The molecule has 92 valence electrons. The summed E-state index contributed by atoms with van der Waals surface area (Å²) in [6.07, 6.45) is -4.24. The van der Waals surface area contributed by atoms with Crippen LogP contribution in [0.2, 0.25) is 0 Å². The zero-order valence-electron chi connectivity index (χ0n) is 9.51. The average Bonchev–Trinajstić information content (AvgIpc) is 2.08. The van der Waals surface area contributed by atoms with Gasteiger partial charge in [-0.25, -0.2) is 0 Å². The summed E-state index contributed by atoms with van der Waals surface area (Å²) < 4.78 is 37.7. The smallest absolute Gasteiger partial charge is 0.330 e. The molecule has 0 aromatic heterocycles. The fourth-order valence-electron chi connectivity index (χ4n) is 1.31. The van der Waals surface area contributed by atoms with Gasteiger partial charge in [-0.05, 0) is 34.1 Å². The van der Waals surface area contributed by atoms with Crippen LogP contribution >= 0.6 is 0 Å². The standard InChI is InChI=1S/C9H20F3N3/c1-14(2)6-7-15(3)8(4-5-13)9(10,11)12/h8H,4-7,13H2,1-3H3. The Balaban J connectivity index is 4.23. The first-order valence-corrected chi connectivity index (χ1v) is 4.90. The molecule has 0 saturated carbocycles. The van der Waals surface area contributed by atoms with E-state index < -0.39 is 12.2 Å². The van der Waals surface area contributed by atoms with E-state index in [0.717, 1.165) is 0 Å². The van der Waals surface area contributed by atoms with Gasteiger partial charge in [0.05, 0.1) is 0 Å². The molecule has 6 heteroatoms. The van der Waals surface area contributed by atoms with Crippen molar-refractivity contribution in [2.75, 3.05) is 40.8 Å². The van der Waals surface area contributed by atoms with E-state index in [0.29, 0.717) is 13.1 Å². The summed E-state index contributed by atoms with van der Waals surface area (Å²) in [5, 5.41) is 0. The van der Waals surface area contributed by atoms with Crippen LogP contribution < -0.4 is 5.73 Å². The number of likely N-dealkylation sites (N-methyl/N-ethyl adjacent to an activating group) is 2. The molecule has 0 aliphatic heterocycles. The molecule has 0 spiro atoms. The van der Waals surface area contributed by atoms with E-state index in [1.54, 1.807) is 0 Å². The Morgan fingerprint density at radius 2 is 1.67 bits per heavy atom. The summed E-state index contributed by atoms with van der Waals surface area (Å²) >= 11 is 0. The van der Waals surface area contributed by atoms with Crippen molar-refractivity contribution in [1.82, 2.24) is 9.80 Å². The van der Waals surface area contributed by atoms with Crippen molar-refractivity contribution >= 4 is 0 Å². The van der Waals surface area contributed by atoms with Gasteiger partial charge >= 0.3 is 6.18 Å². The van der Waals surface area contributed by atoms with Crippen molar-refractivity contribution < 1.29 is 13.2 Å². The first-order chi connectivity index (χ1) is 6.79. The number of halogens is 3. The Hall–Kier alpha value is -0.330. The van der Waals surface area contributed by atoms with Gasteiger partial charge in [0.25, 0.3) is 0 Å². The summed E-state index contributed by atoms with van der Waals surface area (Å²) in [6, 6.07) is -1.43. The van der Waals surface area contributed by atoms with Gasteiger partial charge in [0.2, 0.25) is 0 Å². The van der Waals surface area contributed by atoms with Gasteiger partial charge in [-0.1, -0.05) is 0 Å². The number of nitrogens with two attached hydrogens (primary N) is 1. The van der Waals surface area contributed by atoms with Crippen LogP contribution in [0.25, 0.3) is 0 Å². The summed E-state index contributed by atoms with van der Waals surface area (Å²) in [4.78, 5) is 3.17. The number of hydrogen-bond acceptors (Lipinski definition) is 3. The Morgan fingerprint density at radius 1 is 1.13 bits per heavy atom. The predicted molar refractivity (Wildman–Crippen MR) is 54.7 cm³/mol. The largest absolute Gasteiger partial charge is 0.404 e. The first-order valence-electron chi connectivity index (χ1n) is 4.90. The van der Waals surface area contributed by atoms with Gasteiger partial charge in [0, 0.05) is 13.1 Å².